The van der Waals surface area contributed by atoms with Gasteiger partial charge in [0, 0.05) is 32.7 Å². The lowest BCUT2D eigenvalue weighted by molar-refractivity contribution is 0.00936. The van der Waals surface area contributed by atoms with Crippen LogP contribution in [0.4, 0.5) is 0 Å². The molecule has 0 saturated carbocycles. The van der Waals surface area contributed by atoms with Crippen molar-refractivity contribution in [2.24, 2.45) is 0 Å². The largest absolute Gasteiger partial charge is 0.390 e. The molecule has 0 radical (unpaired) electrons. The molecule has 0 aromatic rings. The van der Waals surface area contributed by atoms with Crippen LogP contribution in [0.1, 0.15) is 0 Å². The maximum atomic E-state index is 9.84. The first-order chi connectivity index (χ1) is 7.22. The molecule has 0 spiro atoms. The number of β-amino-alcohol motifs (C(OH)–C–C–N with tert-alkyl or cyclic N) is 1. The topological polar surface area (TPSA) is 35.9 Å². The summed E-state index contributed by atoms with van der Waals surface area (Å²) in [5.74, 6) is 0. The monoisotopic (exact) mass is 214 g/mol. The zero-order chi connectivity index (χ0) is 11.1. The highest BCUT2D eigenvalue weighted by Gasteiger charge is 2.15. The van der Waals surface area contributed by atoms with Gasteiger partial charge in [0.2, 0.25) is 0 Å². The maximum absolute atomic E-state index is 9.84. The van der Waals surface area contributed by atoms with Crippen LogP contribution in [0, 0.1) is 0 Å². The minimum Gasteiger partial charge on any atom is -0.390 e. The summed E-state index contributed by atoms with van der Waals surface area (Å²) in [5, 5.41) is 9.84. The lowest BCUT2D eigenvalue weighted by Gasteiger charge is -2.29. The lowest BCUT2D eigenvalue weighted by atomic mass is 10.3. The van der Waals surface area contributed by atoms with Crippen molar-refractivity contribution in [2.75, 3.05) is 53.0 Å². The molecule has 4 nitrogen and oxygen atoms in total. The van der Waals surface area contributed by atoms with Gasteiger partial charge in [0.25, 0.3) is 0 Å². The van der Waals surface area contributed by atoms with Gasteiger partial charge in [-0.05, 0) is 7.05 Å². The molecule has 1 unspecified atom stereocenters. The van der Waals surface area contributed by atoms with Crippen molar-refractivity contribution in [3.63, 3.8) is 0 Å². The third kappa shape index (κ3) is 5.28. The molecule has 4 heteroatoms. The second-order valence-electron chi connectivity index (χ2n) is 4.08. The van der Waals surface area contributed by atoms with Crippen LogP contribution in [0.25, 0.3) is 0 Å². The summed E-state index contributed by atoms with van der Waals surface area (Å²) in [6.45, 7) is 9.37. The fourth-order valence-corrected chi connectivity index (χ4v) is 1.79. The Morgan fingerprint density at radius 2 is 2.20 bits per heavy atom. The molecule has 88 valence electrons. The first-order valence-corrected chi connectivity index (χ1v) is 5.50. The molecule has 1 saturated heterocycles. The summed E-state index contributed by atoms with van der Waals surface area (Å²) in [6, 6.07) is 0. The fourth-order valence-electron chi connectivity index (χ4n) is 1.79. The van der Waals surface area contributed by atoms with Gasteiger partial charge in [-0.25, -0.2) is 0 Å². The highest BCUT2D eigenvalue weighted by atomic mass is 16.5. The third-order valence-electron chi connectivity index (χ3n) is 2.54. The zero-order valence-corrected chi connectivity index (χ0v) is 9.56. The molecule has 0 amide bonds. The average molecular weight is 214 g/mol. The molecule has 15 heavy (non-hydrogen) atoms. The van der Waals surface area contributed by atoms with Crippen LogP contribution in [-0.2, 0) is 4.74 Å². The highest BCUT2D eigenvalue weighted by molar-refractivity contribution is 4.75. The number of rotatable bonds is 6. The summed E-state index contributed by atoms with van der Waals surface area (Å²) in [5.41, 5.74) is 0. The van der Waals surface area contributed by atoms with Crippen molar-refractivity contribution >= 4 is 0 Å². The highest BCUT2D eigenvalue weighted by Crippen LogP contribution is 1.99. The van der Waals surface area contributed by atoms with Crippen LogP contribution in [0.3, 0.4) is 0 Å². The van der Waals surface area contributed by atoms with E-state index in [4.69, 9.17) is 4.74 Å². The summed E-state index contributed by atoms with van der Waals surface area (Å²) in [7, 11) is 1.99. The molecule has 0 aromatic heterocycles. The van der Waals surface area contributed by atoms with Crippen LogP contribution in [0.2, 0.25) is 0 Å². The molecular weight excluding hydrogens is 192 g/mol. The molecule has 1 atom stereocenters. The number of aliphatic hydroxyl groups is 1. The quantitative estimate of drug-likeness (QED) is 0.621. The van der Waals surface area contributed by atoms with Gasteiger partial charge in [-0.3, -0.25) is 4.90 Å². The average Bonchev–Trinajstić information content (AvgIpc) is 2.19. The van der Waals surface area contributed by atoms with Crippen LogP contribution >= 0.6 is 0 Å². The second-order valence-corrected chi connectivity index (χ2v) is 4.08. The summed E-state index contributed by atoms with van der Waals surface area (Å²) in [4.78, 5) is 4.31. The van der Waals surface area contributed by atoms with E-state index < -0.39 is 0 Å². The fraction of sp³-hybridized carbons (Fsp3) is 0.818. The van der Waals surface area contributed by atoms with E-state index in [0.717, 1.165) is 39.4 Å². The van der Waals surface area contributed by atoms with Crippen molar-refractivity contribution in [3.05, 3.63) is 12.7 Å². The van der Waals surface area contributed by atoms with E-state index in [1.54, 1.807) is 0 Å². The number of morpholine rings is 1. The van der Waals surface area contributed by atoms with Crippen LogP contribution in [-0.4, -0.2) is 74.0 Å². The molecule has 1 aliphatic rings. The smallest absolute Gasteiger partial charge is 0.0793 e. The number of hydrogen-bond acceptors (Lipinski definition) is 4. The van der Waals surface area contributed by atoms with Crippen molar-refractivity contribution in [1.29, 1.82) is 0 Å². The molecule has 0 aromatic carbocycles. The van der Waals surface area contributed by atoms with Gasteiger partial charge in [0.1, 0.15) is 0 Å². The SMILES string of the molecule is C=CCN(C)CC(O)CN1CCOCC1. The zero-order valence-electron chi connectivity index (χ0n) is 9.56. The molecule has 0 aliphatic carbocycles. The van der Waals surface area contributed by atoms with Crippen molar-refractivity contribution in [3.8, 4) is 0 Å². The predicted octanol–water partition coefficient (Wildman–Crippen LogP) is -0.203. The van der Waals surface area contributed by atoms with E-state index in [-0.39, 0.29) is 6.10 Å². The van der Waals surface area contributed by atoms with E-state index in [0.29, 0.717) is 6.54 Å². The Morgan fingerprint density at radius 3 is 2.80 bits per heavy atom. The van der Waals surface area contributed by atoms with Crippen LogP contribution in [0.5, 0.6) is 0 Å². The Bertz CT molecular complexity index is 181. The molecule has 1 fully saturated rings. The summed E-state index contributed by atoms with van der Waals surface area (Å²) in [6.07, 6.45) is 1.56. The van der Waals surface area contributed by atoms with E-state index in [9.17, 15) is 5.11 Å². The van der Waals surface area contributed by atoms with Gasteiger partial charge in [0.05, 0.1) is 19.3 Å². The molecular formula is C11H22N2O2. The Hall–Kier alpha value is -0.420. The summed E-state index contributed by atoms with van der Waals surface area (Å²) >= 11 is 0. The first-order valence-electron chi connectivity index (χ1n) is 5.50. The maximum Gasteiger partial charge on any atom is 0.0793 e. The molecule has 1 rings (SSSR count). The summed E-state index contributed by atoms with van der Waals surface area (Å²) < 4.78 is 5.25. The Balaban J connectivity index is 2.16. The molecule has 1 aliphatic heterocycles. The molecule has 1 N–H and O–H groups in total. The van der Waals surface area contributed by atoms with E-state index in [1.165, 1.54) is 0 Å². The Labute approximate surface area is 92.1 Å². The van der Waals surface area contributed by atoms with Gasteiger partial charge >= 0.3 is 0 Å². The number of likely N-dealkylation sites (N-methyl/N-ethyl adjacent to an activating group) is 1. The number of hydrogen-bond donors (Lipinski definition) is 1. The standard InChI is InChI=1S/C11H22N2O2/c1-3-4-12(2)9-11(14)10-13-5-7-15-8-6-13/h3,11,14H,1,4-10H2,2H3. The molecule has 1 heterocycles. The third-order valence-corrected chi connectivity index (χ3v) is 2.54. The number of ether oxygens (including phenoxy) is 1. The van der Waals surface area contributed by atoms with Crippen LogP contribution in [0.15, 0.2) is 12.7 Å². The first kappa shape index (κ1) is 12.6. The van der Waals surface area contributed by atoms with Gasteiger partial charge < -0.3 is 14.7 Å². The van der Waals surface area contributed by atoms with Crippen LogP contribution < -0.4 is 0 Å². The minimum atomic E-state index is -0.284. The van der Waals surface area contributed by atoms with Gasteiger partial charge in [-0.15, -0.1) is 6.58 Å². The van der Waals surface area contributed by atoms with Crippen molar-refractivity contribution in [2.45, 2.75) is 6.10 Å². The van der Waals surface area contributed by atoms with Gasteiger partial charge in [-0.2, -0.15) is 0 Å². The normalized spacial score (nSPS) is 20.5. The predicted molar refractivity (Wildman–Crippen MR) is 61.0 cm³/mol. The number of nitrogens with zero attached hydrogens (tertiary/aromatic N) is 2. The van der Waals surface area contributed by atoms with Gasteiger partial charge in [0.15, 0.2) is 0 Å². The van der Waals surface area contributed by atoms with Gasteiger partial charge in [-0.1, -0.05) is 6.08 Å². The van der Waals surface area contributed by atoms with E-state index >= 15 is 0 Å². The lowest BCUT2D eigenvalue weighted by Crippen LogP contribution is -2.44. The van der Waals surface area contributed by atoms with Crippen molar-refractivity contribution in [1.82, 2.24) is 9.80 Å². The van der Waals surface area contributed by atoms with E-state index in [2.05, 4.69) is 16.4 Å². The minimum absolute atomic E-state index is 0.284. The Kier molecular flexibility index (Phi) is 5.86. The van der Waals surface area contributed by atoms with Crippen molar-refractivity contribution < 1.29 is 9.84 Å². The second kappa shape index (κ2) is 6.95. The Morgan fingerprint density at radius 1 is 1.53 bits per heavy atom. The number of aliphatic hydroxyl groups excluding tert-OH is 1. The van der Waals surface area contributed by atoms with E-state index in [1.807, 2.05) is 13.1 Å². The molecule has 0 bridgehead atoms.